The van der Waals surface area contributed by atoms with E-state index in [9.17, 15) is 19.2 Å². The number of carbonyl (C=O) groups excluding carboxylic acids is 4. The van der Waals surface area contributed by atoms with Gasteiger partial charge in [-0.15, -0.1) is 0 Å². The SMILES string of the molecule is O=C1CCC(N2C(=O)c3ccc(OCCCCCCCCCBr)cc3C2=O)C(=O)N1. The molecule has 4 amide bonds. The maximum atomic E-state index is 12.8. The summed E-state index contributed by atoms with van der Waals surface area (Å²) >= 11 is 3.44. The van der Waals surface area contributed by atoms with Gasteiger partial charge in [0.1, 0.15) is 11.8 Å². The second kappa shape index (κ2) is 10.7. The summed E-state index contributed by atoms with van der Waals surface area (Å²) < 4.78 is 5.76. The number of hydrogen-bond acceptors (Lipinski definition) is 5. The monoisotopic (exact) mass is 478 g/mol. The summed E-state index contributed by atoms with van der Waals surface area (Å²) in [6, 6.07) is 3.87. The van der Waals surface area contributed by atoms with E-state index >= 15 is 0 Å². The van der Waals surface area contributed by atoms with E-state index in [2.05, 4.69) is 21.2 Å². The topological polar surface area (TPSA) is 92.8 Å². The van der Waals surface area contributed by atoms with Crippen LogP contribution in [0, 0.1) is 0 Å². The minimum atomic E-state index is -0.950. The molecule has 1 N–H and O–H groups in total. The van der Waals surface area contributed by atoms with Crippen LogP contribution in [0.3, 0.4) is 0 Å². The Kier molecular flexibility index (Phi) is 8.01. The largest absolute Gasteiger partial charge is 0.494 e. The third kappa shape index (κ3) is 5.28. The van der Waals surface area contributed by atoms with Crippen LogP contribution in [-0.2, 0) is 9.59 Å². The van der Waals surface area contributed by atoms with E-state index in [0.29, 0.717) is 12.4 Å². The number of nitrogens with one attached hydrogen (secondary N) is 1. The molecule has 1 saturated heterocycles. The predicted molar refractivity (Wildman–Crippen MR) is 115 cm³/mol. The van der Waals surface area contributed by atoms with Crippen molar-refractivity contribution in [1.82, 2.24) is 10.2 Å². The summed E-state index contributed by atoms with van der Waals surface area (Å²) in [5, 5.41) is 3.26. The average molecular weight is 479 g/mol. The number of hydrogen-bond donors (Lipinski definition) is 1. The van der Waals surface area contributed by atoms with Crippen molar-refractivity contribution in [2.75, 3.05) is 11.9 Å². The highest BCUT2D eigenvalue weighted by atomic mass is 79.9. The summed E-state index contributed by atoms with van der Waals surface area (Å²) in [5.41, 5.74) is 0.509. The van der Waals surface area contributed by atoms with Gasteiger partial charge in [0.25, 0.3) is 11.8 Å². The zero-order valence-corrected chi connectivity index (χ0v) is 18.5. The number of imide groups is 2. The molecule has 0 aromatic heterocycles. The average Bonchev–Trinajstić information content (AvgIpc) is 2.97. The van der Waals surface area contributed by atoms with Crippen molar-refractivity contribution in [3.63, 3.8) is 0 Å². The van der Waals surface area contributed by atoms with Crippen molar-refractivity contribution in [3.8, 4) is 5.75 Å². The third-order valence-corrected chi connectivity index (χ3v) is 6.02. The molecule has 2 aliphatic heterocycles. The molecule has 162 valence electrons. The first-order valence-electron chi connectivity index (χ1n) is 10.6. The van der Waals surface area contributed by atoms with Gasteiger partial charge in [0, 0.05) is 11.8 Å². The minimum absolute atomic E-state index is 0.106. The van der Waals surface area contributed by atoms with Gasteiger partial charge in [-0.3, -0.25) is 29.4 Å². The van der Waals surface area contributed by atoms with Gasteiger partial charge in [0.2, 0.25) is 11.8 Å². The second-order valence-corrected chi connectivity index (χ2v) is 8.46. The molecule has 30 heavy (non-hydrogen) atoms. The fourth-order valence-electron chi connectivity index (χ4n) is 3.81. The van der Waals surface area contributed by atoms with Crippen LogP contribution in [0.5, 0.6) is 5.75 Å². The molecule has 1 unspecified atom stereocenters. The Bertz CT molecular complexity index is 826. The van der Waals surface area contributed by atoms with Gasteiger partial charge >= 0.3 is 0 Å². The van der Waals surface area contributed by atoms with Crippen LogP contribution < -0.4 is 10.1 Å². The van der Waals surface area contributed by atoms with Gasteiger partial charge in [-0.2, -0.15) is 0 Å². The van der Waals surface area contributed by atoms with E-state index in [-0.39, 0.29) is 29.9 Å². The number of alkyl halides is 1. The maximum Gasteiger partial charge on any atom is 0.262 e. The van der Waals surface area contributed by atoms with E-state index in [0.717, 1.165) is 23.1 Å². The first-order chi connectivity index (χ1) is 14.5. The highest BCUT2D eigenvalue weighted by Crippen LogP contribution is 2.30. The third-order valence-electron chi connectivity index (χ3n) is 5.46. The Morgan fingerprint density at radius 1 is 0.933 bits per heavy atom. The Morgan fingerprint density at radius 3 is 2.30 bits per heavy atom. The van der Waals surface area contributed by atoms with E-state index in [1.807, 2.05) is 0 Å². The first-order valence-corrected chi connectivity index (χ1v) is 11.7. The van der Waals surface area contributed by atoms with Crippen LogP contribution in [0.4, 0.5) is 0 Å². The molecule has 7 nitrogen and oxygen atoms in total. The number of ether oxygens (including phenoxy) is 1. The molecule has 3 rings (SSSR count). The van der Waals surface area contributed by atoms with Gasteiger partial charge in [0.05, 0.1) is 17.7 Å². The summed E-state index contributed by atoms with van der Waals surface area (Å²) in [6.07, 6.45) is 8.46. The lowest BCUT2D eigenvalue weighted by atomic mass is 10.0. The van der Waals surface area contributed by atoms with Crippen LogP contribution in [-0.4, -0.2) is 46.5 Å². The molecule has 1 aromatic rings. The number of carbonyl (C=O) groups is 4. The highest BCUT2D eigenvalue weighted by Gasteiger charge is 2.44. The zero-order chi connectivity index (χ0) is 21.5. The number of rotatable bonds is 11. The number of unbranched alkanes of at least 4 members (excludes halogenated alkanes) is 6. The highest BCUT2D eigenvalue weighted by molar-refractivity contribution is 9.09. The minimum Gasteiger partial charge on any atom is -0.494 e. The Balaban J connectivity index is 1.50. The van der Waals surface area contributed by atoms with Crippen molar-refractivity contribution in [1.29, 1.82) is 0 Å². The van der Waals surface area contributed by atoms with Crippen molar-refractivity contribution in [3.05, 3.63) is 29.3 Å². The lowest BCUT2D eigenvalue weighted by Crippen LogP contribution is -2.54. The van der Waals surface area contributed by atoms with E-state index in [4.69, 9.17) is 4.74 Å². The van der Waals surface area contributed by atoms with Crippen molar-refractivity contribution < 1.29 is 23.9 Å². The van der Waals surface area contributed by atoms with Crippen LogP contribution in [0.2, 0.25) is 0 Å². The molecule has 0 radical (unpaired) electrons. The number of fused-ring (bicyclic) bond motifs is 1. The van der Waals surface area contributed by atoms with Crippen molar-refractivity contribution >= 4 is 39.6 Å². The molecule has 0 spiro atoms. The smallest absolute Gasteiger partial charge is 0.262 e. The molecular formula is C22H27BrN2O5. The summed E-state index contributed by atoms with van der Waals surface area (Å²) in [4.78, 5) is 49.9. The quantitative estimate of drug-likeness (QED) is 0.298. The molecular weight excluding hydrogens is 452 g/mol. The summed E-state index contributed by atoms with van der Waals surface area (Å²) in [5.74, 6) is -1.47. The zero-order valence-electron chi connectivity index (χ0n) is 17.0. The van der Waals surface area contributed by atoms with Gasteiger partial charge in [-0.25, -0.2) is 0 Å². The molecule has 0 saturated carbocycles. The number of nitrogens with zero attached hydrogens (tertiary/aromatic N) is 1. The van der Waals surface area contributed by atoms with Gasteiger partial charge in [-0.1, -0.05) is 48.0 Å². The molecule has 1 atom stereocenters. The maximum absolute atomic E-state index is 12.8. The second-order valence-electron chi connectivity index (χ2n) is 7.67. The van der Waals surface area contributed by atoms with Crippen molar-refractivity contribution in [2.24, 2.45) is 0 Å². The van der Waals surface area contributed by atoms with Gasteiger partial charge in [-0.05, 0) is 37.5 Å². The van der Waals surface area contributed by atoms with Crippen LogP contribution in [0.25, 0.3) is 0 Å². The number of halogens is 1. The molecule has 1 fully saturated rings. The van der Waals surface area contributed by atoms with Crippen LogP contribution in [0.15, 0.2) is 18.2 Å². The van der Waals surface area contributed by atoms with Crippen LogP contribution in [0.1, 0.15) is 78.5 Å². The first kappa shape index (κ1) is 22.5. The van der Waals surface area contributed by atoms with E-state index in [1.165, 1.54) is 32.1 Å². The van der Waals surface area contributed by atoms with E-state index < -0.39 is 23.8 Å². The Labute approximate surface area is 184 Å². The molecule has 1 aromatic carbocycles. The number of piperidine rings is 1. The molecule has 2 aliphatic rings. The fraction of sp³-hybridized carbons (Fsp3) is 0.545. The summed E-state index contributed by atoms with van der Waals surface area (Å²) in [6.45, 7) is 0.555. The van der Waals surface area contributed by atoms with Crippen molar-refractivity contribution in [2.45, 2.75) is 63.8 Å². The van der Waals surface area contributed by atoms with Gasteiger partial charge < -0.3 is 4.74 Å². The predicted octanol–water partition coefficient (Wildman–Crippen LogP) is 3.59. The number of benzene rings is 1. The summed E-state index contributed by atoms with van der Waals surface area (Å²) in [7, 11) is 0. The lowest BCUT2D eigenvalue weighted by molar-refractivity contribution is -0.136. The number of amides is 4. The molecule has 8 heteroatoms. The standard InChI is InChI=1S/C22H27BrN2O5/c23-12-6-4-2-1-3-5-7-13-30-15-8-9-16-17(14-15)22(29)25(21(16)28)18-10-11-19(26)24-20(18)27/h8-9,14,18H,1-7,10-13H2,(H,24,26,27). The normalized spacial score (nSPS) is 18.6. The molecule has 2 heterocycles. The molecule has 0 aliphatic carbocycles. The molecule has 0 bridgehead atoms. The van der Waals surface area contributed by atoms with E-state index in [1.54, 1.807) is 18.2 Å². The Morgan fingerprint density at radius 2 is 1.60 bits per heavy atom. The van der Waals surface area contributed by atoms with Gasteiger partial charge in [0.15, 0.2) is 0 Å². The van der Waals surface area contributed by atoms with Crippen LogP contribution >= 0.6 is 15.9 Å². The lowest BCUT2D eigenvalue weighted by Gasteiger charge is -2.27. The Hall–Kier alpha value is -2.22. The fourth-order valence-corrected chi connectivity index (χ4v) is 4.21.